The number of piperidine rings is 1. The van der Waals surface area contributed by atoms with Gasteiger partial charge in [-0.1, -0.05) is 18.2 Å². The Kier molecular flexibility index (Phi) is 5.33. The molecule has 1 saturated heterocycles. The maximum Gasteiger partial charge on any atom is 0.257 e. The van der Waals surface area contributed by atoms with Crippen molar-refractivity contribution in [3.63, 3.8) is 0 Å². The lowest BCUT2D eigenvalue weighted by atomic mass is 10.0. The number of aromatic hydroxyl groups is 1. The summed E-state index contributed by atoms with van der Waals surface area (Å²) in [5.41, 5.74) is 2.53. The van der Waals surface area contributed by atoms with Crippen molar-refractivity contribution in [1.29, 1.82) is 0 Å². The lowest BCUT2D eigenvalue weighted by Gasteiger charge is -2.38. The number of phenolic OH excluding ortho intramolecular Hbond substituents is 1. The minimum atomic E-state index is -0.0947. The Labute approximate surface area is 157 Å². The molecular formula is C20H23BrN2O2. The molecule has 2 aromatic carbocycles. The van der Waals surface area contributed by atoms with Gasteiger partial charge >= 0.3 is 0 Å². The maximum atomic E-state index is 12.8. The monoisotopic (exact) mass is 402 g/mol. The molecule has 5 heteroatoms. The zero-order chi connectivity index (χ0) is 18.0. The van der Waals surface area contributed by atoms with E-state index >= 15 is 0 Å². The van der Waals surface area contributed by atoms with Crippen molar-refractivity contribution in [2.75, 3.05) is 25.0 Å². The number of aryl methyl sites for hydroxylation is 1. The van der Waals surface area contributed by atoms with Crippen molar-refractivity contribution in [2.45, 2.75) is 25.8 Å². The molecule has 1 aliphatic rings. The normalized spacial score (nSPS) is 15.2. The summed E-state index contributed by atoms with van der Waals surface area (Å²) in [6.07, 6.45) is 1.84. The number of rotatable bonds is 3. The van der Waals surface area contributed by atoms with Crippen molar-refractivity contribution in [1.82, 2.24) is 4.90 Å². The summed E-state index contributed by atoms with van der Waals surface area (Å²) in [4.78, 5) is 16.9. The number of anilines is 1. The zero-order valence-corrected chi connectivity index (χ0v) is 16.2. The smallest absolute Gasteiger partial charge is 0.257 e. The molecule has 1 fully saturated rings. The topological polar surface area (TPSA) is 43.8 Å². The third-order valence-electron chi connectivity index (χ3n) is 4.90. The maximum absolute atomic E-state index is 12.8. The number of amides is 1. The summed E-state index contributed by atoms with van der Waals surface area (Å²) in [7, 11) is 2.11. The number of nitrogens with zero attached hydrogens (tertiary/aromatic N) is 2. The third kappa shape index (κ3) is 3.82. The number of phenols is 1. The number of hydrogen-bond acceptors (Lipinski definition) is 3. The van der Waals surface area contributed by atoms with Crippen molar-refractivity contribution >= 4 is 27.5 Å². The molecule has 25 heavy (non-hydrogen) atoms. The first-order valence-corrected chi connectivity index (χ1v) is 9.33. The van der Waals surface area contributed by atoms with Crippen LogP contribution >= 0.6 is 15.9 Å². The Bertz CT molecular complexity index is 756. The average Bonchev–Trinajstić information content (AvgIpc) is 2.64. The van der Waals surface area contributed by atoms with Crippen LogP contribution in [-0.2, 0) is 0 Å². The van der Waals surface area contributed by atoms with Gasteiger partial charge in [0.25, 0.3) is 5.91 Å². The van der Waals surface area contributed by atoms with Crippen LogP contribution in [0.3, 0.4) is 0 Å². The summed E-state index contributed by atoms with van der Waals surface area (Å²) < 4.78 is 0.564. The fourth-order valence-corrected chi connectivity index (χ4v) is 3.97. The first kappa shape index (κ1) is 17.8. The van der Waals surface area contributed by atoms with Gasteiger partial charge in [-0.15, -0.1) is 0 Å². The van der Waals surface area contributed by atoms with Gasteiger partial charge in [-0.05, 0) is 65.5 Å². The van der Waals surface area contributed by atoms with Gasteiger partial charge in [-0.2, -0.15) is 0 Å². The standard InChI is InChI=1S/C20H23BrN2O2/c1-14-12-17(19(24)18(21)13-14)20(25)23-10-8-16(9-11-23)22(2)15-6-4-3-5-7-15/h3-7,12-13,16,24H,8-11H2,1-2H3. The summed E-state index contributed by atoms with van der Waals surface area (Å²) >= 11 is 3.32. The van der Waals surface area contributed by atoms with E-state index in [0.29, 0.717) is 29.2 Å². The molecule has 1 aliphatic heterocycles. The molecule has 132 valence electrons. The highest BCUT2D eigenvalue weighted by Gasteiger charge is 2.27. The molecule has 0 atom stereocenters. The Morgan fingerprint density at radius 1 is 1.20 bits per heavy atom. The molecule has 0 aliphatic carbocycles. The van der Waals surface area contributed by atoms with Crippen molar-refractivity contribution in [2.24, 2.45) is 0 Å². The van der Waals surface area contributed by atoms with E-state index in [0.717, 1.165) is 18.4 Å². The summed E-state index contributed by atoms with van der Waals surface area (Å²) in [5, 5.41) is 10.2. The highest BCUT2D eigenvalue weighted by Crippen LogP contribution is 2.31. The molecule has 0 aromatic heterocycles. The minimum Gasteiger partial charge on any atom is -0.506 e. The number of para-hydroxylation sites is 1. The molecule has 0 saturated carbocycles. The van der Waals surface area contributed by atoms with Crippen molar-refractivity contribution in [3.05, 3.63) is 58.1 Å². The molecule has 2 aromatic rings. The average molecular weight is 403 g/mol. The second kappa shape index (κ2) is 7.48. The van der Waals surface area contributed by atoms with Crippen LogP contribution in [-0.4, -0.2) is 42.1 Å². The molecule has 1 heterocycles. The third-order valence-corrected chi connectivity index (χ3v) is 5.51. The van der Waals surface area contributed by atoms with Crippen LogP contribution in [0, 0.1) is 6.92 Å². The van der Waals surface area contributed by atoms with E-state index in [1.54, 1.807) is 6.07 Å². The molecule has 0 unspecified atom stereocenters. The lowest BCUT2D eigenvalue weighted by Crippen LogP contribution is -2.45. The number of hydrogen-bond donors (Lipinski definition) is 1. The van der Waals surface area contributed by atoms with Gasteiger partial charge in [-0.3, -0.25) is 4.79 Å². The van der Waals surface area contributed by atoms with Gasteiger partial charge in [0.05, 0.1) is 10.0 Å². The van der Waals surface area contributed by atoms with Gasteiger partial charge in [0.2, 0.25) is 0 Å². The molecule has 4 nitrogen and oxygen atoms in total. The van der Waals surface area contributed by atoms with Crippen LogP contribution in [0.25, 0.3) is 0 Å². The van der Waals surface area contributed by atoms with Crippen LogP contribution in [0.5, 0.6) is 5.75 Å². The molecule has 0 radical (unpaired) electrons. The Morgan fingerprint density at radius 3 is 2.48 bits per heavy atom. The number of halogens is 1. The first-order valence-electron chi connectivity index (χ1n) is 8.53. The van der Waals surface area contributed by atoms with E-state index in [2.05, 4.69) is 40.0 Å². The highest BCUT2D eigenvalue weighted by atomic mass is 79.9. The zero-order valence-electron chi connectivity index (χ0n) is 14.6. The van der Waals surface area contributed by atoms with Crippen LogP contribution in [0.2, 0.25) is 0 Å². The quantitative estimate of drug-likeness (QED) is 0.836. The van der Waals surface area contributed by atoms with Crippen molar-refractivity contribution < 1.29 is 9.90 Å². The van der Waals surface area contributed by atoms with Gasteiger partial charge < -0.3 is 14.9 Å². The van der Waals surface area contributed by atoms with E-state index < -0.39 is 0 Å². The summed E-state index contributed by atoms with van der Waals surface area (Å²) in [6, 6.07) is 14.3. The fraction of sp³-hybridized carbons (Fsp3) is 0.350. The van der Waals surface area contributed by atoms with Crippen LogP contribution in [0.1, 0.15) is 28.8 Å². The minimum absolute atomic E-state index is 0.0270. The summed E-state index contributed by atoms with van der Waals surface area (Å²) in [6.45, 7) is 3.32. The van der Waals surface area contributed by atoms with Gasteiger partial charge in [0.15, 0.2) is 0 Å². The second-order valence-corrected chi connectivity index (χ2v) is 7.47. The Hall–Kier alpha value is -2.01. The Balaban J connectivity index is 1.67. The van der Waals surface area contributed by atoms with Crippen LogP contribution in [0.4, 0.5) is 5.69 Å². The second-order valence-electron chi connectivity index (χ2n) is 6.61. The van der Waals surface area contributed by atoms with E-state index in [9.17, 15) is 9.90 Å². The van der Waals surface area contributed by atoms with Crippen LogP contribution in [0.15, 0.2) is 46.9 Å². The fourth-order valence-electron chi connectivity index (χ4n) is 3.40. The molecule has 0 bridgehead atoms. The largest absolute Gasteiger partial charge is 0.506 e. The Morgan fingerprint density at radius 2 is 1.84 bits per heavy atom. The summed E-state index contributed by atoms with van der Waals surface area (Å²) in [5.74, 6) is -0.0677. The molecule has 1 amide bonds. The van der Waals surface area contributed by atoms with Gasteiger partial charge in [0, 0.05) is 31.9 Å². The van der Waals surface area contributed by atoms with Crippen molar-refractivity contribution in [3.8, 4) is 5.75 Å². The molecule has 3 rings (SSSR count). The van der Waals surface area contributed by atoms with Crippen LogP contribution < -0.4 is 4.90 Å². The van der Waals surface area contributed by atoms with Gasteiger partial charge in [0.1, 0.15) is 5.75 Å². The van der Waals surface area contributed by atoms with E-state index in [-0.39, 0.29) is 11.7 Å². The van der Waals surface area contributed by atoms with Gasteiger partial charge in [-0.25, -0.2) is 0 Å². The molecule has 1 N–H and O–H groups in total. The van der Waals surface area contributed by atoms with E-state index in [1.807, 2.05) is 36.1 Å². The predicted molar refractivity (Wildman–Crippen MR) is 104 cm³/mol. The number of likely N-dealkylation sites (tertiary alicyclic amines) is 1. The highest BCUT2D eigenvalue weighted by molar-refractivity contribution is 9.10. The van der Waals surface area contributed by atoms with E-state index in [4.69, 9.17) is 0 Å². The SMILES string of the molecule is Cc1cc(Br)c(O)c(C(=O)N2CCC(N(C)c3ccccc3)CC2)c1. The lowest BCUT2D eigenvalue weighted by molar-refractivity contribution is 0.0710. The number of benzene rings is 2. The molecule has 0 spiro atoms. The number of carbonyl (C=O) groups is 1. The molecular weight excluding hydrogens is 380 g/mol. The predicted octanol–water partition coefficient (Wildman–Crippen LogP) is 4.20. The first-order chi connectivity index (χ1) is 12.0. The van der Waals surface area contributed by atoms with E-state index in [1.165, 1.54) is 5.69 Å². The number of carbonyl (C=O) groups excluding carboxylic acids is 1.